The van der Waals surface area contributed by atoms with Crippen molar-refractivity contribution in [3.05, 3.63) is 87.0 Å². The number of benzene rings is 2. The second-order valence-electron chi connectivity index (χ2n) is 10.7. The SMILES string of the molecule is Cc1cc(C)c2cc([C@@H](c3nnnn3C3CCCC3)N3CCN(Cc4ccccc4)CC3)c(=O)[nH]c2c1. The van der Waals surface area contributed by atoms with Gasteiger partial charge in [-0.05, 0) is 65.9 Å². The first kappa shape index (κ1) is 24.0. The van der Waals surface area contributed by atoms with Crippen LogP contribution in [-0.2, 0) is 6.54 Å². The van der Waals surface area contributed by atoms with Crippen LogP contribution in [0.15, 0.2) is 53.3 Å². The fraction of sp³-hybridized carbons (Fsp3) is 0.448. The van der Waals surface area contributed by atoms with Gasteiger partial charge in [0.15, 0.2) is 5.82 Å². The Balaban J connectivity index is 1.37. The van der Waals surface area contributed by atoms with Crippen molar-refractivity contribution >= 4 is 10.9 Å². The molecule has 1 aliphatic carbocycles. The standard InChI is InChI=1S/C29H35N7O/c1-20-16-21(2)24-18-25(29(37)30-26(24)17-20)27(28-31-32-33-36(28)23-10-6-7-11-23)35-14-12-34(13-15-35)19-22-8-4-3-5-9-22/h3-5,8-9,16-18,23,27H,6-7,10-15,19H2,1-2H3,(H,30,37)/t27-/m0/s1. The summed E-state index contributed by atoms with van der Waals surface area (Å²) in [5, 5.41) is 14.2. The fourth-order valence-electron chi connectivity index (χ4n) is 6.20. The molecule has 2 aliphatic rings. The minimum absolute atomic E-state index is 0.0600. The van der Waals surface area contributed by atoms with Gasteiger partial charge >= 0.3 is 0 Å². The molecule has 1 atom stereocenters. The number of nitrogens with zero attached hydrogens (tertiary/aromatic N) is 6. The maximum atomic E-state index is 13.6. The molecule has 37 heavy (non-hydrogen) atoms. The Kier molecular flexibility index (Phi) is 6.61. The smallest absolute Gasteiger partial charge is 0.253 e. The molecule has 2 aromatic carbocycles. The number of piperazine rings is 1. The predicted molar refractivity (Wildman–Crippen MR) is 144 cm³/mol. The summed E-state index contributed by atoms with van der Waals surface area (Å²) in [6, 6.07) is 16.9. The molecular formula is C29H35N7O. The van der Waals surface area contributed by atoms with Crippen LogP contribution in [0.3, 0.4) is 0 Å². The molecule has 0 amide bonds. The van der Waals surface area contributed by atoms with E-state index in [1.165, 1.54) is 18.4 Å². The van der Waals surface area contributed by atoms with Crippen molar-refractivity contribution in [1.29, 1.82) is 0 Å². The molecule has 2 fully saturated rings. The van der Waals surface area contributed by atoms with Gasteiger partial charge in [0.2, 0.25) is 0 Å². The van der Waals surface area contributed by atoms with Crippen molar-refractivity contribution in [3.8, 4) is 0 Å². The van der Waals surface area contributed by atoms with Gasteiger partial charge in [0.25, 0.3) is 5.56 Å². The topological polar surface area (TPSA) is 82.9 Å². The van der Waals surface area contributed by atoms with Gasteiger partial charge in [-0.1, -0.05) is 49.2 Å². The van der Waals surface area contributed by atoms with Crippen LogP contribution in [-0.4, -0.2) is 61.2 Å². The van der Waals surface area contributed by atoms with E-state index < -0.39 is 0 Å². The predicted octanol–water partition coefficient (Wildman–Crippen LogP) is 4.15. The molecule has 6 rings (SSSR count). The van der Waals surface area contributed by atoms with Gasteiger partial charge in [0, 0.05) is 49.2 Å². The van der Waals surface area contributed by atoms with E-state index in [-0.39, 0.29) is 11.6 Å². The first-order valence-corrected chi connectivity index (χ1v) is 13.5. The van der Waals surface area contributed by atoms with E-state index in [4.69, 9.17) is 0 Å². The number of hydrogen-bond donors (Lipinski definition) is 1. The molecule has 0 bridgehead atoms. The highest BCUT2D eigenvalue weighted by molar-refractivity contribution is 5.83. The Morgan fingerprint density at radius 1 is 1.00 bits per heavy atom. The highest BCUT2D eigenvalue weighted by atomic mass is 16.1. The molecule has 8 heteroatoms. The van der Waals surface area contributed by atoms with Crippen molar-refractivity contribution < 1.29 is 0 Å². The van der Waals surface area contributed by atoms with Crippen LogP contribution in [0.25, 0.3) is 10.9 Å². The summed E-state index contributed by atoms with van der Waals surface area (Å²) in [7, 11) is 0. The summed E-state index contributed by atoms with van der Waals surface area (Å²) in [5.41, 5.74) is 5.18. The molecule has 0 radical (unpaired) electrons. The third kappa shape index (κ3) is 4.83. The third-order valence-electron chi connectivity index (χ3n) is 8.09. The van der Waals surface area contributed by atoms with Crippen molar-refractivity contribution in [3.63, 3.8) is 0 Å². The molecular weight excluding hydrogens is 462 g/mol. The number of nitrogens with one attached hydrogen (secondary N) is 1. The average Bonchev–Trinajstić information content (AvgIpc) is 3.59. The quantitative estimate of drug-likeness (QED) is 0.431. The van der Waals surface area contributed by atoms with E-state index in [0.29, 0.717) is 6.04 Å². The number of aromatic nitrogens is 5. The zero-order chi connectivity index (χ0) is 25.4. The van der Waals surface area contributed by atoms with E-state index in [1.807, 2.05) is 10.7 Å². The number of fused-ring (bicyclic) bond motifs is 1. The lowest BCUT2D eigenvalue weighted by molar-refractivity contribution is 0.0989. The molecule has 192 valence electrons. The summed E-state index contributed by atoms with van der Waals surface area (Å²) in [6.45, 7) is 8.66. The summed E-state index contributed by atoms with van der Waals surface area (Å²) in [6.07, 6.45) is 4.56. The van der Waals surface area contributed by atoms with Crippen molar-refractivity contribution in [1.82, 2.24) is 35.0 Å². The number of H-pyrrole nitrogens is 1. The summed E-state index contributed by atoms with van der Waals surface area (Å²) in [5.74, 6) is 0.790. The Hall–Kier alpha value is -3.36. The van der Waals surface area contributed by atoms with Crippen LogP contribution in [0, 0.1) is 13.8 Å². The number of rotatable bonds is 6. The summed E-state index contributed by atoms with van der Waals surface area (Å²) in [4.78, 5) is 21.7. The van der Waals surface area contributed by atoms with Crippen molar-refractivity contribution in [2.75, 3.05) is 26.2 Å². The lowest BCUT2D eigenvalue weighted by Crippen LogP contribution is -2.48. The van der Waals surface area contributed by atoms with Gasteiger partial charge in [-0.15, -0.1) is 5.10 Å². The molecule has 1 aliphatic heterocycles. The Bertz CT molecular complexity index is 1430. The minimum Gasteiger partial charge on any atom is -0.322 e. The van der Waals surface area contributed by atoms with Gasteiger partial charge in [0.1, 0.15) is 6.04 Å². The van der Waals surface area contributed by atoms with E-state index in [0.717, 1.165) is 79.0 Å². The number of aromatic amines is 1. The average molecular weight is 498 g/mol. The molecule has 2 aromatic heterocycles. The zero-order valence-electron chi connectivity index (χ0n) is 21.7. The second-order valence-corrected chi connectivity index (χ2v) is 10.7. The van der Waals surface area contributed by atoms with Crippen molar-refractivity contribution in [2.45, 2.75) is 58.2 Å². The van der Waals surface area contributed by atoms with E-state index in [1.54, 1.807) is 0 Å². The Morgan fingerprint density at radius 3 is 2.51 bits per heavy atom. The molecule has 4 aromatic rings. The lowest BCUT2D eigenvalue weighted by Gasteiger charge is -2.39. The van der Waals surface area contributed by atoms with Crippen LogP contribution in [0.2, 0.25) is 0 Å². The number of hydrogen-bond acceptors (Lipinski definition) is 6. The van der Waals surface area contributed by atoms with Crippen LogP contribution in [0.5, 0.6) is 0 Å². The maximum absolute atomic E-state index is 13.6. The molecule has 1 N–H and O–H groups in total. The van der Waals surface area contributed by atoms with E-state index in [9.17, 15) is 4.79 Å². The summed E-state index contributed by atoms with van der Waals surface area (Å²) >= 11 is 0. The summed E-state index contributed by atoms with van der Waals surface area (Å²) < 4.78 is 2.01. The van der Waals surface area contributed by atoms with Gasteiger partial charge in [0.05, 0.1) is 6.04 Å². The molecule has 3 heterocycles. The van der Waals surface area contributed by atoms with E-state index >= 15 is 0 Å². The van der Waals surface area contributed by atoms with Crippen LogP contribution < -0.4 is 5.56 Å². The molecule has 0 spiro atoms. The molecule has 8 nitrogen and oxygen atoms in total. The first-order valence-electron chi connectivity index (χ1n) is 13.5. The highest BCUT2D eigenvalue weighted by Crippen LogP contribution is 2.34. The van der Waals surface area contributed by atoms with Crippen LogP contribution in [0.4, 0.5) is 0 Å². The number of tetrazole rings is 1. The molecule has 0 unspecified atom stereocenters. The first-order chi connectivity index (χ1) is 18.1. The zero-order valence-corrected chi connectivity index (χ0v) is 21.7. The maximum Gasteiger partial charge on any atom is 0.253 e. The Morgan fingerprint density at radius 2 is 1.76 bits per heavy atom. The highest BCUT2D eigenvalue weighted by Gasteiger charge is 2.34. The van der Waals surface area contributed by atoms with E-state index in [2.05, 4.69) is 86.6 Å². The second kappa shape index (κ2) is 10.2. The Labute approximate surface area is 217 Å². The monoisotopic (exact) mass is 497 g/mol. The van der Waals surface area contributed by atoms with Crippen molar-refractivity contribution in [2.24, 2.45) is 0 Å². The number of aryl methyl sites for hydroxylation is 2. The van der Waals surface area contributed by atoms with Gasteiger partial charge in [-0.2, -0.15) is 0 Å². The fourth-order valence-corrected chi connectivity index (χ4v) is 6.20. The minimum atomic E-state index is -0.289. The van der Waals surface area contributed by atoms with Crippen LogP contribution in [0.1, 0.15) is 65.8 Å². The molecule has 1 saturated carbocycles. The van der Waals surface area contributed by atoms with Gasteiger partial charge < -0.3 is 4.98 Å². The van der Waals surface area contributed by atoms with Gasteiger partial charge in [-0.3, -0.25) is 14.6 Å². The normalized spacial score (nSPS) is 18.5. The van der Waals surface area contributed by atoms with Gasteiger partial charge in [-0.25, -0.2) is 4.68 Å². The largest absolute Gasteiger partial charge is 0.322 e. The molecule has 1 saturated heterocycles. The van der Waals surface area contributed by atoms with Crippen LogP contribution >= 0.6 is 0 Å². The number of pyridine rings is 1. The lowest BCUT2D eigenvalue weighted by atomic mass is 9.99. The third-order valence-corrected chi connectivity index (χ3v) is 8.09.